The summed E-state index contributed by atoms with van der Waals surface area (Å²) in [6.45, 7) is 6.27. The van der Waals surface area contributed by atoms with Gasteiger partial charge in [-0.1, -0.05) is 0 Å². The maximum absolute atomic E-state index is 12.0. The molecule has 0 fully saturated rings. The third kappa shape index (κ3) is 4.08. The van der Waals surface area contributed by atoms with Crippen molar-refractivity contribution >= 4 is 39.2 Å². The van der Waals surface area contributed by atoms with E-state index >= 15 is 0 Å². The van der Waals surface area contributed by atoms with Gasteiger partial charge in [0.05, 0.1) is 6.54 Å². The number of carbonyl (C=O) groups is 1. The molecule has 0 atom stereocenters. The number of hydrogen-bond donors (Lipinski definition) is 0. The Morgan fingerprint density at radius 1 is 1.38 bits per heavy atom. The van der Waals surface area contributed by atoms with Crippen LogP contribution in [0.2, 0.25) is 0 Å². The van der Waals surface area contributed by atoms with E-state index in [2.05, 4.69) is 31.9 Å². The number of aromatic nitrogens is 1. The molecule has 0 aromatic carbocycles. The van der Waals surface area contributed by atoms with Crippen molar-refractivity contribution in [1.29, 1.82) is 0 Å². The number of likely N-dealkylation sites (N-methyl/N-ethyl adjacent to an activating group) is 1. The summed E-state index contributed by atoms with van der Waals surface area (Å²) >= 11 is 5.28. The van der Waals surface area contributed by atoms with Crippen LogP contribution in [0.4, 0.5) is 0 Å². The second-order valence-electron chi connectivity index (χ2n) is 4.60. The van der Waals surface area contributed by atoms with Crippen molar-refractivity contribution in [2.75, 3.05) is 13.1 Å². The SMILES string of the molecule is CCN(CC)C(=O)/C=C/c1cccn1Cc1sccc1Br. The first-order chi connectivity index (χ1) is 10.2. The van der Waals surface area contributed by atoms with Crippen molar-refractivity contribution < 1.29 is 4.79 Å². The molecule has 112 valence electrons. The zero-order valence-electron chi connectivity index (χ0n) is 12.3. The highest BCUT2D eigenvalue weighted by molar-refractivity contribution is 9.10. The molecule has 2 aromatic rings. The fourth-order valence-corrected chi connectivity index (χ4v) is 3.59. The Balaban J connectivity index is 2.10. The van der Waals surface area contributed by atoms with Gasteiger partial charge in [-0.2, -0.15) is 0 Å². The lowest BCUT2D eigenvalue weighted by molar-refractivity contribution is -0.125. The predicted octanol–water partition coefficient (Wildman–Crippen LogP) is 4.24. The number of carbonyl (C=O) groups excluding carboxylic acids is 1. The summed E-state index contributed by atoms with van der Waals surface area (Å²) in [6.07, 6.45) is 5.58. The molecule has 2 aromatic heterocycles. The summed E-state index contributed by atoms with van der Waals surface area (Å²) < 4.78 is 3.28. The standard InChI is InChI=1S/C16H19BrN2OS/c1-3-18(4-2)16(20)8-7-13-6-5-10-19(13)12-15-14(17)9-11-21-15/h5-11H,3-4,12H2,1-2H3/b8-7+. The summed E-state index contributed by atoms with van der Waals surface area (Å²) in [7, 11) is 0. The zero-order chi connectivity index (χ0) is 15.2. The molecule has 0 aliphatic heterocycles. The Morgan fingerprint density at radius 2 is 2.14 bits per heavy atom. The van der Waals surface area contributed by atoms with E-state index in [0.29, 0.717) is 0 Å². The fraction of sp³-hybridized carbons (Fsp3) is 0.312. The highest BCUT2D eigenvalue weighted by Crippen LogP contribution is 2.24. The molecular weight excluding hydrogens is 348 g/mol. The first-order valence-corrected chi connectivity index (χ1v) is 8.67. The summed E-state index contributed by atoms with van der Waals surface area (Å²) in [5.74, 6) is 0.0602. The van der Waals surface area contributed by atoms with E-state index in [9.17, 15) is 4.79 Å². The van der Waals surface area contributed by atoms with Crippen LogP contribution in [-0.2, 0) is 11.3 Å². The van der Waals surface area contributed by atoms with Crippen molar-refractivity contribution in [3.05, 3.63) is 50.9 Å². The van der Waals surface area contributed by atoms with Gasteiger partial charge >= 0.3 is 0 Å². The number of hydrogen-bond acceptors (Lipinski definition) is 2. The van der Waals surface area contributed by atoms with Crippen LogP contribution in [0.25, 0.3) is 6.08 Å². The quantitative estimate of drug-likeness (QED) is 0.701. The van der Waals surface area contributed by atoms with Crippen molar-refractivity contribution in [2.24, 2.45) is 0 Å². The molecule has 5 heteroatoms. The van der Waals surface area contributed by atoms with E-state index in [1.807, 2.05) is 38.3 Å². The molecule has 0 aliphatic carbocycles. The molecule has 0 saturated heterocycles. The summed E-state index contributed by atoms with van der Waals surface area (Å²) in [5, 5.41) is 2.07. The van der Waals surface area contributed by atoms with Crippen LogP contribution >= 0.6 is 27.3 Å². The summed E-state index contributed by atoms with van der Waals surface area (Å²) in [6, 6.07) is 6.08. The lowest BCUT2D eigenvalue weighted by Gasteiger charge is -2.15. The molecule has 0 N–H and O–H groups in total. The van der Waals surface area contributed by atoms with E-state index in [4.69, 9.17) is 0 Å². The molecule has 0 unspecified atom stereocenters. The van der Waals surface area contributed by atoms with Crippen molar-refractivity contribution in [3.8, 4) is 0 Å². The normalized spacial score (nSPS) is 11.2. The minimum absolute atomic E-state index is 0.0602. The Kier molecular flexibility index (Phi) is 5.82. The number of thiophene rings is 1. The van der Waals surface area contributed by atoms with Gasteiger partial charge in [0.15, 0.2) is 0 Å². The first kappa shape index (κ1) is 16.0. The minimum atomic E-state index is 0.0602. The molecule has 0 spiro atoms. The van der Waals surface area contributed by atoms with Crippen molar-refractivity contribution in [2.45, 2.75) is 20.4 Å². The lowest BCUT2D eigenvalue weighted by Crippen LogP contribution is -2.28. The van der Waals surface area contributed by atoms with E-state index in [1.54, 1.807) is 22.3 Å². The Hall–Kier alpha value is -1.33. The van der Waals surface area contributed by atoms with Crippen molar-refractivity contribution in [3.63, 3.8) is 0 Å². The molecule has 2 heterocycles. The smallest absolute Gasteiger partial charge is 0.246 e. The Labute approximate surface area is 138 Å². The average molecular weight is 367 g/mol. The van der Waals surface area contributed by atoms with Gasteiger partial charge in [0.1, 0.15) is 0 Å². The molecule has 0 bridgehead atoms. The van der Waals surface area contributed by atoms with E-state index in [-0.39, 0.29) is 5.91 Å². The Morgan fingerprint density at radius 3 is 2.76 bits per heavy atom. The largest absolute Gasteiger partial charge is 0.343 e. The van der Waals surface area contributed by atoms with Gasteiger partial charge < -0.3 is 9.47 Å². The average Bonchev–Trinajstić information content (AvgIpc) is 3.08. The van der Waals surface area contributed by atoms with Gasteiger partial charge in [0.2, 0.25) is 5.91 Å². The van der Waals surface area contributed by atoms with Gasteiger partial charge in [-0.15, -0.1) is 11.3 Å². The predicted molar refractivity (Wildman–Crippen MR) is 92.5 cm³/mol. The molecule has 21 heavy (non-hydrogen) atoms. The number of nitrogens with zero attached hydrogens (tertiary/aromatic N) is 2. The maximum Gasteiger partial charge on any atom is 0.246 e. The van der Waals surface area contributed by atoms with Gasteiger partial charge in [0.25, 0.3) is 0 Å². The number of rotatable bonds is 6. The van der Waals surface area contributed by atoms with Crippen LogP contribution < -0.4 is 0 Å². The highest BCUT2D eigenvalue weighted by Gasteiger charge is 2.07. The Bertz CT molecular complexity index is 626. The molecule has 3 nitrogen and oxygen atoms in total. The van der Waals surface area contributed by atoms with Crippen LogP contribution in [0.5, 0.6) is 0 Å². The fourth-order valence-electron chi connectivity index (χ4n) is 2.11. The summed E-state index contributed by atoms with van der Waals surface area (Å²) in [5.41, 5.74) is 1.04. The van der Waals surface area contributed by atoms with Crippen molar-refractivity contribution in [1.82, 2.24) is 9.47 Å². The molecular formula is C16H19BrN2OS. The monoisotopic (exact) mass is 366 g/mol. The minimum Gasteiger partial charge on any atom is -0.343 e. The number of halogens is 1. The van der Waals surface area contributed by atoms with E-state index in [1.165, 1.54) is 4.88 Å². The van der Waals surface area contributed by atoms with Gasteiger partial charge in [0, 0.05) is 40.4 Å². The molecule has 0 aliphatic rings. The van der Waals surface area contributed by atoms with Crippen LogP contribution in [-0.4, -0.2) is 28.5 Å². The third-order valence-electron chi connectivity index (χ3n) is 3.34. The first-order valence-electron chi connectivity index (χ1n) is 6.99. The molecule has 1 amide bonds. The van der Waals surface area contributed by atoms with Crippen LogP contribution in [0.1, 0.15) is 24.4 Å². The molecule has 0 radical (unpaired) electrons. The number of amides is 1. The third-order valence-corrected chi connectivity index (χ3v) is 5.25. The van der Waals surface area contributed by atoms with E-state index < -0.39 is 0 Å². The van der Waals surface area contributed by atoms with Gasteiger partial charge in [-0.05, 0) is 59.4 Å². The van der Waals surface area contributed by atoms with E-state index in [0.717, 1.165) is 29.8 Å². The zero-order valence-corrected chi connectivity index (χ0v) is 14.7. The molecule has 2 rings (SSSR count). The highest BCUT2D eigenvalue weighted by atomic mass is 79.9. The summed E-state index contributed by atoms with van der Waals surface area (Å²) in [4.78, 5) is 15.1. The topological polar surface area (TPSA) is 25.2 Å². The van der Waals surface area contributed by atoms with Crippen LogP contribution in [0.3, 0.4) is 0 Å². The van der Waals surface area contributed by atoms with Gasteiger partial charge in [-0.3, -0.25) is 4.79 Å². The van der Waals surface area contributed by atoms with Gasteiger partial charge in [-0.25, -0.2) is 0 Å². The van der Waals surface area contributed by atoms with Crippen LogP contribution in [0, 0.1) is 0 Å². The second kappa shape index (κ2) is 7.61. The van der Waals surface area contributed by atoms with Crippen LogP contribution in [0.15, 0.2) is 40.3 Å². The second-order valence-corrected chi connectivity index (χ2v) is 6.45. The maximum atomic E-state index is 12.0. The lowest BCUT2D eigenvalue weighted by atomic mass is 10.3. The molecule has 0 saturated carbocycles.